The molecule has 2 aromatic rings. The molecule has 0 saturated carbocycles. The fourth-order valence-corrected chi connectivity index (χ4v) is 2.11. The van der Waals surface area contributed by atoms with Crippen molar-refractivity contribution >= 4 is 10.8 Å². The van der Waals surface area contributed by atoms with Crippen LogP contribution < -0.4 is 0 Å². The van der Waals surface area contributed by atoms with Crippen LogP contribution in [0.2, 0.25) is 0 Å². The summed E-state index contributed by atoms with van der Waals surface area (Å²) in [5.74, 6) is 0.270. The van der Waals surface area contributed by atoms with E-state index in [2.05, 4.69) is 13.2 Å². The van der Waals surface area contributed by atoms with Gasteiger partial charge < -0.3 is 10.2 Å². The lowest BCUT2D eigenvalue weighted by molar-refractivity contribution is 0.458. The molecule has 0 aliphatic carbocycles. The maximum atomic E-state index is 10.2. The van der Waals surface area contributed by atoms with Crippen LogP contribution in [0.3, 0.4) is 0 Å². The zero-order chi connectivity index (χ0) is 13.1. The van der Waals surface area contributed by atoms with Gasteiger partial charge in [0.05, 0.1) is 5.39 Å². The average molecular weight is 240 g/mol. The third-order valence-corrected chi connectivity index (χ3v) is 3.03. The fourth-order valence-electron chi connectivity index (χ4n) is 2.11. The molecule has 92 valence electrons. The number of aromatic hydroxyl groups is 2. The van der Waals surface area contributed by atoms with E-state index in [-0.39, 0.29) is 11.5 Å². The summed E-state index contributed by atoms with van der Waals surface area (Å²) in [6.45, 7) is 7.32. The average Bonchev–Trinajstić information content (AvgIpc) is 2.36. The Morgan fingerprint density at radius 2 is 1.28 bits per heavy atom. The number of rotatable bonds is 4. The number of fused-ring (bicyclic) bond motifs is 1. The van der Waals surface area contributed by atoms with E-state index >= 15 is 0 Å². The second-order valence-electron chi connectivity index (χ2n) is 4.23. The predicted octanol–water partition coefficient (Wildman–Crippen LogP) is 3.71. The molecular formula is C16H16O2. The highest BCUT2D eigenvalue weighted by Gasteiger charge is 2.12. The van der Waals surface area contributed by atoms with Crippen LogP contribution in [0, 0.1) is 0 Å². The number of hydrogen-bond donors (Lipinski definition) is 2. The molecular weight excluding hydrogens is 224 g/mol. The third kappa shape index (κ3) is 1.97. The van der Waals surface area contributed by atoms with Crippen molar-refractivity contribution in [3.63, 3.8) is 0 Å². The Bertz CT molecular complexity index is 561. The highest BCUT2D eigenvalue weighted by atomic mass is 16.3. The molecule has 0 aliphatic rings. The quantitative estimate of drug-likeness (QED) is 0.800. The highest BCUT2D eigenvalue weighted by molar-refractivity contribution is 5.95. The molecule has 0 atom stereocenters. The van der Waals surface area contributed by atoms with Crippen molar-refractivity contribution in [1.82, 2.24) is 0 Å². The van der Waals surface area contributed by atoms with Crippen molar-refractivity contribution in [2.75, 3.05) is 0 Å². The molecule has 2 heteroatoms. The third-order valence-electron chi connectivity index (χ3n) is 3.03. The van der Waals surface area contributed by atoms with Crippen molar-refractivity contribution in [2.24, 2.45) is 0 Å². The second-order valence-corrected chi connectivity index (χ2v) is 4.23. The van der Waals surface area contributed by atoms with Crippen LogP contribution in [0.4, 0.5) is 0 Å². The minimum Gasteiger partial charge on any atom is -0.507 e. The van der Waals surface area contributed by atoms with E-state index in [0.29, 0.717) is 18.2 Å². The summed E-state index contributed by atoms with van der Waals surface area (Å²) in [6.07, 6.45) is 4.61. The van der Waals surface area contributed by atoms with Crippen LogP contribution in [-0.4, -0.2) is 10.2 Å². The Kier molecular flexibility index (Phi) is 3.38. The molecule has 0 aromatic heterocycles. The van der Waals surface area contributed by atoms with Crippen LogP contribution in [0.15, 0.2) is 49.6 Å². The van der Waals surface area contributed by atoms with Crippen LogP contribution in [-0.2, 0) is 12.8 Å². The lowest BCUT2D eigenvalue weighted by atomic mass is 9.99. The Balaban J connectivity index is 2.72. The standard InChI is InChI=1S/C16H16O2/c1-3-5-12-9-7-11-8-10-13(6-4-2)16(18)14(11)15(12)17/h3-4,7-10,17-18H,1-2,5-6H2. The van der Waals surface area contributed by atoms with E-state index < -0.39 is 0 Å². The molecule has 0 aliphatic heterocycles. The first-order chi connectivity index (χ1) is 8.69. The number of allylic oxidation sites excluding steroid dienone is 2. The Labute approximate surface area is 107 Å². The molecule has 0 fully saturated rings. The van der Waals surface area contributed by atoms with Gasteiger partial charge in [-0.3, -0.25) is 0 Å². The van der Waals surface area contributed by atoms with Crippen LogP contribution in [0.5, 0.6) is 11.5 Å². The monoisotopic (exact) mass is 240 g/mol. The van der Waals surface area contributed by atoms with E-state index in [4.69, 9.17) is 0 Å². The van der Waals surface area contributed by atoms with E-state index in [9.17, 15) is 10.2 Å². The normalized spacial score (nSPS) is 10.4. The largest absolute Gasteiger partial charge is 0.507 e. The van der Waals surface area contributed by atoms with Crippen LogP contribution >= 0.6 is 0 Å². The summed E-state index contributed by atoms with van der Waals surface area (Å²) >= 11 is 0. The van der Waals surface area contributed by atoms with Gasteiger partial charge in [-0.1, -0.05) is 36.4 Å². The summed E-state index contributed by atoms with van der Waals surface area (Å²) in [5.41, 5.74) is 1.53. The molecule has 0 spiro atoms. The Hall–Kier alpha value is -2.22. The first kappa shape index (κ1) is 12.2. The lowest BCUT2D eigenvalue weighted by Crippen LogP contribution is -1.88. The minimum absolute atomic E-state index is 0.135. The van der Waals surface area contributed by atoms with Crippen LogP contribution in [0.1, 0.15) is 11.1 Å². The summed E-state index contributed by atoms with van der Waals surface area (Å²) in [4.78, 5) is 0. The molecule has 2 N–H and O–H groups in total. The Morgan fingerprint density at radius 3 is 1.67 bits per heavy atom. The van der Waals surface area contributed by atoms with Gasteiger partial charge in [0.15, 0.2) is 0 Å². The molecule has 2 rings (SSSR count). The molecule has 18 heavy (non-hydrogen) atoms. The van der Waals surface area contributed by atoms with E-state index in [1.165, 1.54) is 0 Å². The van der Waals surface area contributed by atoms with E-state index in [0.717, 1.165) is 16.5 Å². The van der Waals surface area contributed by atoms with Crippen molar-refractivity contribution in [3.05, 3.63) is 60.7 Å². The molecule has 0 radical (unpaired) electrons. The summed E-state index contributed by atoms with van der Waals surface area (Å²) in [5, 5.41) is 21.8. The SMILES string of the molecule is C=CCc1ccc2ccc(CC=C)c(O)c2c1O. The first-order valence-corrected chi connectivity index (χ1v) is 5.86. The van der Waals surface area contributed by atoms with Gasteiger partial charge in [-0.25, -0.2) is 0 Å². The summed E-state index contributed by atoms with van der Waals surface area (Å²) < 4.78 is 0. The molecule has 0 saturated heterocycles. The van der Waals surface area contributed by atoms with E-state index in [1.807, 2.05) is 24.3 Å². The molecule has 2 nitrogen and oxygen atoms in total. The molecule has 0 bridgehead atoms. The topological polar surface area (TPSA) is 40.5 Å². The lowest BCUT2D eigenvalue weighted by Gasteiger charge is -2.10. The maximum Gasteiger partial charge on any atom is 0.130 e. The first-order valence-electron chi connectivity index (χ1n) is 5.86. The van der Waals surface area contributed by atoms with Crippen molar-refractivity contribution in [2.45, 2.75) is 12.8 Å². The fraction of sp³-hybridized carbons (Fsp3) is 0.125. The van der Waals surface area contributed by atoms with Gasteiger partial charge in [-0.05, 0) is 29.4 Å². The number of benzene rings is 2. The number of hydrogen-bond acceptors (Lipinski definition) is 2. The molecule has 2 aromatic carbocycles. The minimum atomic E-state index is 0.135. The maximum absolute atomic E-state index is 10.2. The van der Waals surface area contributed by atoms with Crippen molar-refractivity contribution < 1.29 is 10.2 Å². The van der Waals surface area contributed by atoms with Crippen molar-refractivity contribution in [3.8, 4) is 11.5 Å². The van der Waals surface area contributed by atoms with Gasteiger partial charge >= 0.3 is 0 Å². The zero-order valence-electron chi connectivity index (χ0n) is 10.2. The van der Waals surface area contributed by atoms with Gasteiger partial charge in [-0.2, -0.15) is 0 Å². The summed E-state index contributed by atoms with van der Waals surface area (Å²) in [7, 11) is 0. The van der Waals surface area contributed by atoms with E-state index in [1.54, 1.807) is 12.2 Å². The predicted molar refractivity (Wildman–Crippen MR) is 75.1 cm³/mol. The Morgan fingerprint density at radius 1 is 0.833 bits per heavy atom. The molecule has 0 heterocycles. The van der Waals surface area contributed by atoms with Gasteiger partial charge in [0.1, 0.15) is 11.5 Å². The van der Waals surface area contributed by atoms with Gasteiger partial charge in [0.25, 0.3) is 0 Å². The molecule has 0 unspecified atom stereocenters. The van der Waals surface area contributed by atoms with Gasteiger partial charge in [0, 0.05) is 0 Å². The smallest absolute Gasteiger partial charge is 0.130 e. The van der Waals surface area contributed by atoms with Gasteiger partial charge in [0.2, 0.25) is 0 Å². The molecule has 0 amide bonds. The highest BCUT2D eigenvalue weighted by Crippen LogP contribution is 2.38. The summed E-state index contributed by atoms with van der Waals surface area (Å²) in [6, 6.07) is 7.49. The number of phenols is 2. The number of phenolic OH excluding ortho intramolecular Hbond substituents is 2. The van der Waals surface area contributed by atoms with Crippen molar-refractivity contribution in [1.29, 1.82) is 0 Å². The van der Waals surface area contributed by atoms with Gasteiger partial charge in [-0.15, -0.1) is 13.2 Å². The van der Waals surface area contributed by atoms with Crippen LogP contribution in [0.25, 0.3) is 10.8 Å². The second kappa shape index (κ2) is 4.96. The zero-order valence-corrected chi connectivity index (χ0v) is 10.2.